The predicted molar refractivity (Wildman–Crippen MR) is 74.3 cm³/mol. The molecule has 21 heavy (non-hydrogen) atoms. The lowest BCUT2D eigenvalue weighted by atomic mass is 10.2. The van der Waals surface area contributed by atoms with Crippen LogP contribution in [0.4, 0.5) is 5.69 Å². The molecule has 0 radical (unpaired) electrons. The molecule has 2 atom stereocenters. The maximum absolute atomic E-state index is 12.4. The van der Waals surface area contributed by atoms with Crippen molar-refractivity contribution < 1.29 is 14.5 Å². The maximum Gasteiger partial charge on any atom is 0.287 e. The van der Waals surface area contributed by atoms with Crippen LogP contribution >= 0.6 is 0 Å². The van der Waals surface area contributed by atoms with Crippen LogP contribution in [0.25, 0.3) is 0 Å². The lowest BCUT2D eigenvalue weighted by Gasteiger charge is -2.19. The number of nitro groups is 1. The van der Waals surface area contributed by atoms with E-state index in [1.807, 2.05) is 0 Å². The van der Waals surface area contributed by atoms with Crippen molar-refractivity contribution in [3.63, 3.8) is 0 Å². The number of nitrogens with zero attached hydrogens (tertiary/aromatic N) is 2. The Morgan fingerprint density at radius 2 is 2.29 bits per heavy atom. The van der Waals surface area contributed by atoms with E-state index in [1.54, 1.807) is 11.7 Å². The summed E-state index contributed by atoms with van der Waals surface area (Å²) in [6, 6.07) is 1.43. The van der Waals surface area contributed by atoms with Crippen molar-refractivity contribution in [1.29, 1.82) is 0 Å². The third-order valence-electron chi connectivity index (χ3n) is 4.00. The van der Waals surface area contributed by atoms with Crippen molar-refractivity contribution in [2.24, 2.45) is 0 Å². The quantitative estimate of drug-likeness (QED) is 0.607. The van der Waals surface area contributed by atoms with Gasteiger partial charge in [-0.2, -0.15) is 0 Å². The van der Waals surface area contributed by atoms with Gasteiger partial charge in [-0.3, -0.25) is 14.9 Å². The van der Waals surface area contributed by atoms with E-state index in [0.717, 1.165) is 12.8 Å². The van der Waals surface area contributed by atoms with Gasteiger partial charge in [-0.05, 0) is 12.8 Å². The van der Waals surface area contributed by atoms with Crippen molar-refractivity contribution >= 4 is 11.6 Å². The lowest BCUT2D eigenvalue weighted by molar-refractivity contribution is -0.384. The summed E-state index contributed by atoms with van der Waals surface area (Å²) in [4.78, 5) is 22.9. The number of carbonyl (C=O) groups is 1. The van der Waals surface area contributed by atoms with Gasteiger partial charge >= 0.3 is 0 Å². The van der Waals surface area contributed by atoms with Crippen molar-refractivity contribution in [3.05, 3.63) is 28.1 Å². The summed E-state index contributed by atoms with van der Waals surface area (Å²) in [5, 5.41) is 17.0. The average molecular weight is 294 g/mol. The number of ether oxygens (including phenoxy) is 1. The van der Waals surface area contributed by atoms with E-state index < -0.39 is 4.92 Å². The molecule has 2 N–H and O–H groups in total. The molecule has 2 fully saturated rings. The van der Waals surface area contributed by atoms with Crippen LogP contribution in [-0.2, 0) is 4.74 Å². The van der Waals surface area contributed by atoms with Gasteiger partial charge in [-0.25, -0.2) is 0 Å². The number of carbonyl (C=O) groups excluding carboxylic acids is 1. The summed E-state index contributed by atoms with van der Waals surface area (Å²) in [5.74, 6) is -0.286. The molecule has 1 aromatic rings. The fourth-order valence-electron chi connectivity index (χ4n) is 2.69. The highest BCUT2D eigenvalue weighted by Crippen LogP contribution is 2.37. The molecule has 3 rings (SSSR count). The van der Waals surface area contributed by atoms with Crippen LogP contribution in [0.15, 0.2) is 12.3 Å². The molecule has 1 aliphatic heterocycles. The summed E-state index contributed by atoms with van der Waals surface area (Å²) in [5.41, 5.74) is 0.311. The second-order valence-corrected chi connectivity index (χ2v) is 5.49. The molecule has 0 aromatic carbocycles. The third-order valence-corrected chi connectivity index (χ3v) is 4.00. The summed E-state index contributed by atoms with van der Waals surface area (Å²) in [7, 11) is 1.61. The van der Waals surface area contributed by atoms with Crippen LogP contribution < -0.4 is 10.6 Å². The summed E-state index contributed by atoms with van der Waals surface area (Å²) in [6.07, 6.45) is 3.29. The van der Waals surface area contributed by atoms with Crippen LogP contribution in [0, 0.1) is 10.1 Å². The van der Waals surface area contributed by atoms with Crippen molar-refractivity contribution in [3.8, 4) is 0 Å². The second kappa shape index (κ2) is 5.45. The van der Waals surface area contributed by atoms with Crippen molar-refractivity contribution in [2.45, 2.75) is 31.0 Å². The number of hydrogen-bond acceptors (Lipinski definition) is 5. The highest BCUT2D eigenvalue weighted by molar-refractivity contribution is 5.94. The molecule has 0 spiro atoms. The summed E-state index contributed by atoms with van der Waals surface area (Å²) < 4.78 is 7.02. The number of hydrogen-bond donors (Lipinski definition) is 2. The third kappa shape index (κ3) is 2.77. The molecule has 1 aromatic heterocycles. The molecular weight excluding hydrogens is 276 g/mol. The normalized spacial score (nSPS) is 25.0. The van der Waals surface area contributed by atoms with Gasteiger partial charge in [0.1, 0.15) is 5.69 Å². The Bertz CT molecular complexity index is 567. The molecule has 1 amide bonds. The van der Waals surface area contributed by atoms with Crippen LogP contribution in [0.2, 0.25) is 0 Å². The van der Waals surface area contributed by atoms with Gasteiger partial charge in [0, 0.05) is 32.3 Å². The highest BCUT2D eigenvalue weighted by atomic mass is 16.6. The molecule has 114 valence electrons. The molecular formula is C13H18N4O4. The first-order valence-corrected chi connectivity index (χ1v) is 7.00. The summed E-state index contributed by atoms with van der Waals surface area (Å²) in [6.45, 7) is 1.32. The molecule has 0 bridgehead atoms. The number of nitrogens with one attached hydrogen (secondary N) is 2. The van der Waals surface area contributed by atoms with Gasteiger partial charge in [-0.1, -0.05) is 0 Å². The zero-order chi connectivity index (χ0) is 15.0. The van der Waals surface area contributed by atoms with Gasteiger partial charge in [0.2, 0.25) is 0 Å². The van der Waals surface area contributed by atoms with Gasteiger partial charge in [0.05, 0.1) is 23.3 Å². The standard InChI is InChI=1S/C13H18N4O4/c1-21-12-6-14-5-10(12)15-13(18)11-4-9(17(19)20)7-16(11)8-2-3-8/h4,7-8,10,12,14H,2-3,5-6H2,1H3,(H,15,18)/t10?,12-/m0/s1. The van der Waals surface area contributed by atoms with E-state index in [0.29, 0.717) is 18.8 Å². The zero-order valence-electron chi connectivity index (χ0n) is 11.7. The Balaban J connectivity index is 1.79. The minimum Gasteiger partial charge on any atom is -0.378 e. The number of aromatic nitrogens is 1. The zero-order valence-corrected chi connectivity index (χ0v) is 11.7. The van der Waals surface area contributed by atoms with Crippen LogP contribution in [0.5, 0.6) is 0 Å². The fraction of sp³-hybridized carbons (Fsp3) is 0.615. The number of rotatable bonds is 5. The Hall–Kier alpha value is -1.93. The van der Waals surface area contributed by atoms with Gasteiger partial charge in [0.25, 0.3) is 11.6 Å². The Morgan fingerprint density at radius 1 is 1.52 bits per heavy atom. The molecule has 2 aliphatic rings. The fourth-order valence-corrected chi connectivity index (χ4v) is 2.69. The molecule has 8 heteroatoms. The van der Waals surface area contributed by atoms with Crippen molar-refractivity contribution in [2.75, 3.05) is 20.2 Å². The number of amides is 1. The van der Waals surface area contributed by atoms with E-state index in [4.69, 9.17) is 4.74 Å². The molecule has 2 heterocycles. The first-order valence-electron chi connectivity index (χ1n) is 7.00. The second-order valence-electron chi connectivity index (χ2n) is 5.49. The van der Waals surface area contributed by atoms with E-state index >= 15 is 0 Å². The minimum atomic E-state index is -0.468. The largest absolute Gasteiger partial charge is 0.378 e. The molecule has 1 saturated heterocycles. The average Bonchev–Trinajstić information content (AvgIpc) is 3.03. The first kappa shape index (κ1) is 14.0. The summed E-state index contributed by atoms with van der Waals surface area (Å²) >= 11 is 0. The molecule has 1 aliphatic carbocycles. The van der Waals surface area contributed by atoms with Crippen LogP contribution in [0.1, 0.15) is 29.4 Å². The topological polar surface area (TPSA) is 98.4 Å². The molecule has 1 saturated carbocycles. The highest BCUT2D eigenvalue weighted by Gasteiger charge is 2.33. The van der Waals surface area contributed by atoms with Gasteiger partial charge in [-0.15, -0.1) is 0 Å². The monoisotopic (exact) mass is 294 g/mol. The Morgan fingerprint density at radius 3 is 2.90 bits per heavy atom. The SMILES string of the molecule is CO[C@H]1CNCC1NC(=O)c1cc([N+](=O)[O-])cn1C1CC1. The maximum atomic E-state index is 12.4. The van der Waals surface area contributed by atoms with E-state index in [1.165, 1.54) is 12.3 Å². The van der Waals surface area contributed by atoms with E-state index in [2.05, 4.69) is 10.6 Å². The smallest absolute Gasteiger partial charge is 0.287 e. The predicted octanol–water partition coefficient (Wildman–Crippen LogP) is 0.448. The Kier molecular flexibility index (Phi) is 3.64. The molecule has 8 nitrogen and oxygen atoms in total. The minimum absolute atomic E-state index is 0.0418. The van der Waals surface area contributed by atoms with Gasteiger partial charge in [0.15, 0.2) is 0 Å². The van der Waals surface area contributed by atoms with Gasteiger partial charge < -0.3 is 19.9 Å². The number of methoxy groups -OCH3 is 1. The lowest BCUT2D eigenvalue weighted by Crippen LogP contribution is -2.44. The van der Waals surface area contributed by atoms with Crippen LogP contribution in [-0.4, -0.2) is 47.7 Å². The Labute approximate surface area is 121 Å². The molecule has 1 unspecified atom stereocenters. The van der Waals surface area contributed by atoms with E-state index in [9.17, 15) is 14.9 Å². The van der Waals surface area contributed by atoms with Crippen LogP contribution in [0.3, 0.4) is 0 Å². The van der Waals surface area contributed by atoms with E-state index in [-0.39, 0.29) is 29.8 Å². The van der Waals surface area contributed by atoms with Crippen molar-refractivity contribution in [1.82, 2.24) is 15.2 Å². The first-order chi connectivity index (χ1) is 10.1.